The fourth-order valence-electron chi connectivity index (χ4n) is 6.19. The van der Waals surface area contributed by atoms with Crippen LogP contribution in [0.2, 0.25) is 0 Å². The Morgan fingerprint density at radius 3 is 2.71 bits per heavy atom. The molecule has 2 aromatic carbocycles. The van der Waals surface area contributed by atoms with Gasteiger partial charge in [0.25, 0.3) is 0 Å². The fraction of sp³-hybridized carbons (Fsp3) is 0.567. The van der Waals surface area contributed by atoms with Crippen molar-refractivity contribution in [1.82, 2.24) is 4.90 Å². The van der Waals surface area contributed by atoms with Gasteiger partial charge in [-0.25, -0.2) is 0 Å². The van der Waals surface area contributed by atoms with Crippen molar-refractivity contribution in [3.05, 3.63) is 59.7 Å². The van der Waals surface area contributed by atoms with Crippen molar-refractivity contribution in [1.29, 1.82) is 0 Å². The largest absolute Gasteiger partial charge is 0.385 e. The molecule has 0 radical (unpaired) electrons. The summed E-state index contributed by atoms with van der Waals surface area (Å²) in [6.07, 6.45) is 6.87. The van der Waals surface area contributed by atoms with Crippen LogP contribution in [0.15, 0.2) is 48.5 Å². The van der Waals surface area contributed by atoms with Crippen molar-refractivity contribution in [2.75, 3.05) is 26.8 Å². The molecule has 2 aliphatic rings. The predicted molar refractivity (Wildman–Crippen MR) is 141 cm³/mol. The zero-order valence-electron chi connectivity index (χ0n) is 21.4. The van der Waals surface area contributed by atoms with Crippen LogP contribution in [0, 0.1) is 18.8 Å². The molecule has 2 aromatic rings. The normalized spacial score (nSPS) is 24.3. The molecule has 0 aromatic heterocycles. The molecule has 3 N–H and O–H groups in total. The Labute approximate surface area is 210 Å². The second-order valence-corrected chi connectivity index (χ2v) is 10.7. The first kappa shape index (κ1) is 25.9. The van der Waals surface area contributed by atoms with Gasteiger partial charge < -0.3 is 20.5 Å². The van der Waals surface area contributed by atoms with E-state index in [0.717, 1.165) is 68.2 Å². The molecule has 1 heterocycles. The second kappa shape index (κ2) is 11.7. The molecule has 1 aliphatic heterocycles. The van der Waals surface area contributed by atoms with Gasteiger partial charge in [0, 0.05) is 44.7 Å². The predicted octanol–water partition coefficient (Wildman–Crippen LogP) is 5.03. The van der Waals surface area contributed by atoms with Gasteiger partial charge in [0.15, 0.2) is 0 Å². The number of nitrogens with two attached hydrogens (primary N) is 1. The average molecular weight is 479 g/mol. The summed E-state index contributed by atoms with van der Waals surface area (Å²) in [7, 11) is 1.72. The summed E-state index contributed by atoms with van der Waals surface area (Å²) in [4.78, 5) is 15.4. The molecule has 0 spiro atoms. The molecule has 1 saturated heterocycles. The molecule has 1 saturated carbocycles. The van der Waals surface area contributed by atoms with E-state index in [1.54, 1.807) is 7.11 Å². The van der Waals surface area contributed by atoms with Gasteiger partial charge in [-0.05, 0) is 75.0 Å². The lowest BCUT2D eigenvalue weighted by molar-refractivity contribution is -0.140. The van der Waals surface area contributed by atoms with E-state index < -0.39 is 5.60 Å². The van der Waals surface area contributed by atoms with Crippen molar-refractivity contribution in [2.24, 2.45) is 17.6 Å². The van der Waals surface area contributed by atoms with Gasteiger partial charge in [0.05, 0.1) is 5.60 Å². The van der Waals surface area contributed by atoms with Gasteiger partial charge in [0.1, 0.15) is 0 Å². The highest BCUT2D eigenvalue weighted by atomic mass is 16.5. The van der Waals surface area contributed by atoms with Crippen LogP contribution in [0.4, 0.5) is 0 Å². The molecule has 2 fully saturated rings. The number of benzene rings is 2. The summed E-state index contributed by atoms with van der Waals surface area (Å²) in [6.45, 7) is 4.17. The number of hydrogen-bond donors (Lipinski definition) is 2. The Hall–Kier alpha value is -2.21. The van der Waals surface area contributed by atoms with Gasteiger partial charge in [-0.3, -0.25) is 4.79 Å². The van der Waals surface area contributed by atoms with Crippen LogP contribution >= 0.6 is 0 Å². The molecule has 5 heteroatoms. The fourth-order valence-corrected chi connectivity index (χ4v) is 6.19. The zero-order valence-corrected chi connectivity index (χ0v) is 21.4. The number of hydrogen-bond acceptors (Lipinski definition) is 4. The minimum atomic E-state index is -1.01. The van der Waals surface area contributed by atoms with E-state index in [-0.39, 0.29) is 23.8 Å². The van der Waals surface area contributed by atoms with E-state index >= 15 is 0 Å². The van der Waals surface area contributed by atoms with Crippen LogP contribution in [-0.2, 0) is 15.1 Å². The van der Waals surface area contributed by atoms with Crippen molar-refractivity contribution >= 4 is 5.91 Å². The van der Waals surface area contributed by atoms with Crippen LogP contribution in [0.25, 0.3) is 11.1 Å². The third kappa shape index (κ3) is 5.96. The average Bonchev–Trinajstić information content (AvgIpc) is 3.32. The van der Waals surface area contributed by atoms with E-state index in [1.165, 1.54) is 5.56 Å². The minimum Gasteiger partial charge on any atom is -0.385 e. The Morgan fingerprint density at radius 1 is 1.14 bits per heavy atom. The Bertz CT molecular complexity index is 993. The summed E-state index contributed by atoms with van der Waals surface area (Å²) in [5.74, 6) is 0.262. The summed E-state index contributed by atoms with van der Waals surface area (Å²) in [5.41, 5.74) is 9.47. The number of carbonyl (C=O) groups is 1. The summed E-state index contributed by atoms with van der Waals surface area (Å²) >= 11 is 0. The number of nitrogens with zero attached hydrogens (tertiary/aromatic N) is 1. The molecule has 5 nitrogen and oxygen atoms in total. The van der Waals surface area contributed by atoms with E-state index in [9.17, 15) is 9.90 Å². The highest BCUT2D eigenvalue weighted by Gasteiger charge is 2.43. The van der Waals surface area contributed by atoms with Crippen LogP contribution < -0.4 is 5.73 Å². The van der Waals surface area contributed by atoms with Gasteiger partial charge in [-0.1, -0.05) is 54.1 Å². The maximum atomic E-state index is 13.4. The highest BCUT2D eigenvalue weighted by molar-refractivity contribution is 5.79. The Kier molecular flexibility index (Phi) is 8.64. The van der Waals surface area contributed by atoms with E-state index in [2.05, 4.69) is 43.3 Å². The topological polar surface area (TPSA) is 75.8 Å². The van der Waals surface area contributed by atoms with Crippen LogP contribution in [0.1, 0.15) is 62.5 Å². The van der Waals surface area contributed by atoms with Gasteiger partial charge in [0.2, 0.25) is 5.91 Å². The lowest BCUT2D eigenvalue weighted by atomic mass is 9.72. The molecule has 190 valence electrons. The molecule has 1 aliphatic carbocycles. The van der Waals surface area contributed by atoms with E-state index in [1.807, 2.05) is 17.0 Å². The number of aryl methyl sites for hydroxylation is 1. The highest BCUT2D eigenvalue weighted by Crippen LogP contribution is 2.44. The first-order chi connectivity index (χ1) is 16.9. The molecule has 35 heavy (non-hydrogen) atoms. The van der Waals surface area contributed by atoms with Crippen LogP contribution in [0.3, 0.4) is 0 Å². The lowest BCUT2D eigenvalue weighted by Crippen LogP contribution is -2.49. The van der Waals surface area contributed by atoms with Crippen LogP contribution in [0.5, 0.6) is 0 Å². The third-order valence-electron chi connectivity index (χ3n) is 8.11. The summed E-state index contributed by atoms with van der Waals surface area (Å²) in [5, 5.41) is 12.5. The third-order valence-corrected chi connectivity index (χ3v) is 8.11. The number of aliphatic hydroxyl groups is 1. The SMILES string of the molecule is COCCCC[C@@](O)(c1ccccc1-c1cccc(C)c1)[C@@H]1CCCN(C(=O)[C@@H]2CC[C@H](N)C2)C1. The Balaban J connectivity index is 1.65. The standard InChI is InChI=1S/C30H42N2O3/c1-22-9-7-10-23(19-22)27-12-3-4-13-28(27)30(34,16-5-6-18-35-2)25-11-8-17-32(21-25)29(33)24-14-15-26(31)20-24/h3-4,7,9-10,12-13,19,24-26,34H,5-6,8,11,14-18,20-21,31H2,1-2H3/t24-,25-,26+,30+/m1/s1. The smallest absolute Gasteiger partial charge is 0.225 e. The molecule has 0 unspecified atom stereocenters. The van der Waals surface area contributed by atoms with Crippen LogP contribution in [-0.4, -0.2) is 48.8 Å². The Morgan fingerprint density at radius 2 is 1.97 bits per heavy atom. The van der Waals surface area contributed by atoms with Crippen molar-refractivity contribution < 1.29 is 14.6 Å². The maximum absolute atomic E-state index is 13.4. The molecule has 1 amide bonds. The summed E-state index contributed by atoms with van der Waals surface area (Å²) in [6, 6.07) is 16.9. The number of piperidine rings is 1. The lowest BCUT2D eigenvalue weighted by Gasteiger charge is -2.44. The quantitative estimate of drug-likeness (QED) is 0.496. The number of rotatable bonds is 9. The van der Waals surface area contributed by atoms with Gasteiger partial charge in [-0.15, -0.1) is 0 Å². The number of ether oxygens (including phenoxy) is 1. The van der Waals surface area contributed by atoms with Crippen molar-refractivity contribution in [3.8, 4) is 11.1 Å². The van der Waals surface area contributed by atoms with Gasteiger partial charge >= 0.3 is 0 Å². The molecule has 4 rings (SSSR count). The molecule has 0 bridgehead atoms. The number of unbranched alkanes of at least 4 members (excludes halogenated alkanes) is 1. The van der Waals surface area contributed by atoms with Gasteiger partial charge in [-0.2, -0.15) is 0 Å². The first-order valence-electron chi connectivity index (χ1n) is 13.3. The number of amides is 1. The molecular formula is C30H42N2O3. The number of methoxy groups -OCH3 is 1. The van der Waals surface area contributed by atoms with Crippen molar-refractivity contribution in [2.45, 2.75) is 69.9 Å². The summed E-state index contributed by atoms with van der Waals surface area (Å²) < 4.78 is 5.28. The first-order valence-corrected chi connectivity index (χ1v) is 13.3. The van der Waals surface area contributed by atoms with E-state index in [0.29, 0.717) is 19.6 Å². The van der Waals surface area contributed by atoms with E-state index in [4.69, 9.17) is 10.5 Å². The molecule has 4 atom stereocenters. The van der Waals surface area contributed by atoms with Crippen molar-refractivity contribution in [3.63, 3.8) is 0 Å². The minimum absolute atomic E-state index is 0.0104. The molecular weight excluding hydrogens is 436 g/mol. The zero-order chi connectivity index (χ0) is 24.8. The monoisotopic (exact) mass is 478 g/mol. The second-order valence-electron chi connectivity index (χ2n) is 10.7. The number of carbonyl (C=O) groups excluding carboxylic acids is 1. The number of likely N-dealkylation sites (tertiary alicyclic amines) is 1. The maximum Gasteiger partial charge on any atom is 0.225 e.